The molecule has 2 rings (SSSR count). The van der Waals surface area contributed by atoms with E-state index in [1.807, 2.05) is 13.8 Å². The van der Waals surface area contributed by atoms with Crippen molar-refractivity contribution < 1.29 is 17.6 Å². The van der Waals surface area contributed by atoms with Crippen LogP contribution in [0, 0.1) is 37.1 Å². The lowest BCUT2D eigenvalue weighted by Crippen LogP contribution is -2.38. The van der Waals surface area contributed by atoms with Crippen LogP contribution in [0.3, 0.4) is 0 Å². The number of aryl methyl sites for hydroxylation is 2. The largest absolute Gasteiger partial charge is 0.356 e. The molecule has 10 heteroatoms. The lowest BCUT2D eigenvalue weighted by Gasteiger charge is -2.13. The van der Waals surface area contributed by atoms with Crippen LogP contribution < -0.4 is 10.6 Å². The van der Waals surface area contributed by atoms with Crippen LogP contribution in [0.1, 0.15) is 21.1 Å². The van der Waals surface area contributed by atoms with Crippen LogP contribution in [0.25, 0.3) is 0 Å². The molecular weight excluding hydrogens is 483 g/mol. The van der Waals surface area contributed by atoms with E-state index >= 15 is 0 Å². The van der Waals surface area contributed by atoms with Crippen LogP contribution in [0.15, 0.2) is 11.1 Å². The molecule has 0 spiro atoms. The third-order valence-electron chi connectivity index (χ3n) is 3.56. The summed E-state index contributed by atoms with van der Waals surface area (Å²) in [5, 5.41) is 6.55. The van der Waals surface area contributed by atoms with Gasteiger partial charge in [0.2, 0.25) is 0 Å². The maximum atomic E-state index is 13.6. The molecule has 0 saturated carbocycles. The Balaban J connectivity index is 0.00000338. The minimum absolute atomic E-state index is 0. The number of thiazole rings is 1. The van der Waals surface area contributed by atoms with E-state index in [2.05, 4.69) is 20.6 Å². The number of nitrogens with one attached hydrogen (secondary N) is 2. The Morgan fingerprint density at radius 2 is 1.73 bits per heavy atom. The summed E-state index contributed by atoms with van der Waals surface area (Å²) in [4.78, 5) is 9.46. The van der Waals surface area contributed by atoms with E-state index < -0.39 is 35.4 Å². The Morgan fingerprint density at radius 1 is 1.12 bits per heavy atom. The average molecular weight is 502 g/mol. The Morgan fingerprint density at radius 3 is 2.23 bits per heavy atom. The van der Waals surface area contributed by atoms with E-state index in [0.717, 1.165) is 15.6 Å². The molecular formula is C16H19F4IN4S. The van der Waals surface area contributed by atoms with Crippen LogP contribution in [-0.4, -0.2) is 24.5 Å². The van der Waals surface area contributed by atoms with Gasteiger partial charge in [-0.2, -0.15) is 0 Å². The number of aromatic nitrogens is 1. The molecule has 0 bridgehead atoms. The molecule has 0 aliphatic rings. The molecule has 1 aromatic heterocycles. The fourth-order valence-electron chi connectivity index (χ4n) is 2.10. The van der Waals surface area contributed by atoms with Gasteiger partial charge in [-0.3, -0.25) is 4.99 Å². The molecule has 4 nitrogen and oxygen atoms in total. The average Bonchev–Trinajstić information content (AvgIpc) is 2.89. The summed E-state index contributed by atoms with van der Waals surface area (Å²) < 4.78 is 53.6. The lowest BCUT2D eigenvalue weighted by atomic mass is 10.2. The maximum Gasteiger partial charge on any atom is 0.191 e. The summed E-state index contributed by atoms with van der Waals surface area (Å²) in [5.41, 5.74) is 0.271. The quantitative estimate of drug-likeness (QED) is 0.215. The van der Waals surface area contributed by atoms with Crippen LogP contribution in [0.4, 0.5) is 17.6 Å². The number of rotatable bonds is 5. The maximum absolute atomic E-state index is 13.6. The minimum atomic E-state index is -1.44. The van der Waals surface area contributed by atoms with Gasteiger partial charge in [-0.05, 0) is 13.8 Å². The molecule has 1 aromatic carbocycles. The topological polar surface area (TPSA) is 49.3 Å². The van der Waals surface area contributed by atoms with Crippen LogP contribution in [0.5, 0.6) is 0 Å². The second-order valence-corrected chi connectivity index (χ2v) is 6.59. The summed E-state index contributed by atoms with van der Waals surface area (Å²) in [6, 6.07) is 0.180. The van der Waals surface area contributed by atoms with Crippen molar-refractivity contribution in [2.24, 2.45) is 4.99 Å². The number of benzene rings is 1. The molecule has 1 heterocycles. The first-order valence-corrected chi connectivity index (χ1v) is 8.34. The zero-order valence-electron chi connectivity index (χ0n) is 14.4. The molecule has 144 valence electrons. The predicted octanol–water partition coefficient (Wildman–Crippen LogP) is 3.84. The summed E-state index contributed by atoms with van der Waals surface area (Å²) in [5.74, 6) is -5.46. The Bertz CT molecular complexity index is 749. The van der Waals surface area contributed by atoms with Crippen molar-refractivity contribution in [3.63, 3.8) is 0 Å². The third-order valence-corrected chi connectivity index (χ3v) is 4.70. The van der Waals surface area contributed by atoms with Gasteiger partial charge in [-0.15, -0.1) is 35.3 Å². The van der Waals surface area contributed by atoms with E-state index in [4.69, 9.17) is 0 Å². The molecule has 0 saturated heterocycles. The fraction of sp³-hybridized carbons (Fsp3) is 0.375. The first kappa shape index (κ1) is 22.6. The Labute approximate surface area is 170 Å². The number of hydrogen-bond acceptors (Lipinski definition) is 3. The number of aliphatic imine (C=N–C) groups is 1. The zero-order chi connectivity index (χ0) is 18.6. The smallest absolute Gasteiger partial charge is 0.191 e. The van der Waals surface area contributed by atoms with E-state index in [1.54, 1.807) is 11.3 Å². The van der Waals surface area contributed by atoms with Crippen molar-refractivity contribution in [3.8, 4) is 0 Å². The molecule has 0 atom stereocenters. The van der Waals surface area contributed by atoms with E-state index in [0.29, 0.717) is 13.0 Å². The molecule has 0 unspecified atom stereocenters. The van der Waals surface area contributed by atoms with Gasteiger partial charge in [0.15, 0.2) is 29.2 Å². The summed E-state index contributed by atoms with van der Waals surface area (Å²) in [6.07, 6.45) is 0.650. The molecule has 0 radical (unpaired) electrons. The molecule has 2 aromatic rings. The highest BCUT2D eigenvalue weighted by Crippen LogP contribution is 2.19. The SMILES string of the molecule is CN=C(NCCc1nc(C)c(C)s1)NCc1c(F)c(F)cc(F)c1F.I. The van der Waals surface area contributed by atoms with Gasteiger partial charge in [0, 0.05) is 43.1 Å². The molecule has 0 fully saturated rings. The Hall–Kier alpha value is -1.43. The normalized spacial score (nSPS) is 11.3. The monoisotopic (exact) mass is 502 g/mol. The molecule has 0 amide bonds. The van der Waals surface area contributed by atoms with Crippen molar-refractivity contribution >= 4 is 41.3 Å². The minimum Gasteiger partial charge on any atom is -0.356 e. The van der Waals surface area contributed by atoms with Crippen LogP contribution >= 0.6 is 35.3 Å². The lowest BCUT2D eigenvalue weighted by molar-refractivity contribution is 0.437. The van der Waals surface area contributed by atoms with Gasteiger partial charge in [0.05, 0.1) is 10.7 Å². The highest BCUT2D eigenvalue weighted by Gasteiger charge is 2.19. The first-order valence-electron chi connectivity index (χ1n) is 7.52. The standard InChI is InChI=1S/C16H18F4N4S.HI/c1-8-9(2)25-13(24-8)4-5-22-16(21-3)23-7-10-14(19)11(17)6-12(18)15(10)20;/h6H,4-5,7H2,1-3H3,(H2,21,22,23);1H. The summed E-state index contributed by atoms with van der Waals surface area (Å²) in [6.45, 7) is 3.98. The fourth-order valence-corrected chi connectivity index (χ4v) is 3.04. The van der Waals surface area contributed by atoms with Crippen LogP contribution in [-0.2, 0) is 13.0 Å². The van der Waals surface area contributed by atoms with Crippen molar-refractivity contribution in [1.29, 1.82) is 0 Å². The van der Waals surface area contributed by atoms with Gasteiger partial charge in [-0.1, -0.05) is 0 Å². The second-order valence-electron chi connectivity index (χ2n) is 5.30. The second kappa shape index (κ2) is 10.0. The van der Waals surface area contributed by atoms with Gasteiger partial charge in [-0.25, -0.2) is 22.5 Å². The molecule has 0 aliphatic heterocycles. The highest BCUT2D eigenvalue weighted by atomic mass is 127. The van der Waals surface area contributed by atoms with Gasteiger partial charge < -0.3 is 10.6 Å². The van der Waals surface area contributed by atoms with Crippen molar-refractivity contribution in [1.82, 2.24) is 15.6 Å². The van der Waals surface area contributed by atoms with Crippen molar-refractivity contribution in [3.05, 3.63) is 50.5 Å². The van der Waals surface area contributed by atoms with E-state index in [1.165, 1.54) is 7.05 Å². The number of halogens is 5. The molecule has 0 aliphatic carbocycles. The number of hydrogen-bond donors (Lipinski definition) is 2. The third kappa shape index (κ3) is 5.53. The van der Waals surface area contributed by atoms with Gasteiger partial charge >= 0.3 is 0 Å². The number of guanidine groups is 1. The van der Waals surface area contributed by atoms with Crippen LogP contribution in [0.2, 0.25) is 0 Å². The van der Waals surface area contributed by atoms with Gasteiger partial charge in [0.25, 0.3) is 0 Å². The Kier molecular flexibility index (Phi) is 8.74. The summed E-state index contributed by atoms with van der Waals surface area (Å²) >= 11 is 1.60. The first-order chi connectivity index (χ1) is 11.8. The van der Waals surface area contributed by atoms with E-state index in [-0.39, 0.29) is 36.0 Å². The van der Waals surface area contributed by atoms with Crippen molar-refractivity contribution in [2.45, 2.75) is 26.8 Å². The van der Waals surface area contributed by atoms with Crippen molar-refractivity contribution in [2.75, 3.05) is 13.6 Å². The van der Waals surface area contributed by atoms with E-state index in [9.17, 15) is 17.6 Å². The molecule has 26 heavy (non-hydrogen) atoms. The predicted molar refractivity (Wildman–Crippen MR) is 105 cm³/mol. The summed E-state index contributed by atoms with van der Waals surface area (Å²) in [7, 11) is 1.48. The molecule has 2 N–H and O–H groups in total. The van der Waals surface area contributed by atoms with Gasteiger partial charge in [0.1, 0.15) is 0 Å². The highest BCUT2D eigenvalue weighted by molar-refractivity contribution is 14.0. The number of nitrogens with zero attached hydrogens (tertiary/aromatic N) is 2. The zero-order valence-corrected chi connectivity index (χ0v) is 17.6.